The van der Waals surface area contributed by atoms with Crippen molar-refractivity contribution < 1.29 is 0 Å². The van der Waals surface area contributed by atoms with Crippen LogP contribution in [0.3, 0.4) is 0 Å². The summed E-state index contributed by atoms with van der Waals surface area (Å²) in [4.78, 5) is 0. The maximum atomic E-state index is 5.78. The summed E-state index contributed by atoms with van der Waals surface area (Å²) in [7, 11) is 0. The number of rotatable bonds is 1. The molecule has 0 saturated carbocycles. The van der Waals surface area contributed by atoms with Crippen LogP contribution >= 0.6 is 0 Å². The van der Waals surface area contributed by atoms with E-state index in [1.807, 2.05) is 20.8 Å². The van der Waals surface area contributed by atoms with Gasteiger partial charge in [0, 0.05) is 16.8 Å². The minimum atomic E-state index is -0.0555. The zero-order chi connectivity index (χ0) is 9.94. The molecule has 0 spiro atoms. The van der Waals surface area contributed by atoms with Crippen LogP contribution in [-0.4, -0.2) is 0 Å². The van der Waals surface area contributed by atoms with Crippen molar-refractivity contribution in [2.75, 3.05) is 0 Å². The fourth-order valence-corrected chi connectivity index (χ4v) is 0.498. The van der Waals surface area contributed by atoms with Gasteiger partial charge in [-0.15, -0.1) is 0 Å². The molecule has 0 bridgehead atoms. The Kier molecular flexibility index (Phi) is 3.19. The number of nitrogens with two attached hydrogens (primary N) is 3. The first-order valence-corrected chi connectivity index (χ1v) is 3.94. The molecule has 0 amide bonds. The molecule has 12 heavy (non-hydrogen) atoms. The van der Waals surface area contributed by atoms with Crippen molar-refractivity contribution in [3.05, 3.63) is 23.2 Å². The van der Waals surface area contributed by atoms with Crippen LogP contribution in [0.2, 0.25) is 0 Å². The third-order valence-corrected chi connectivity index (χ3v) is 1.63. The summed E-state index contributed by atoms with van der Waals surface area (Å²) in [6.07, 6.45) is 1.72. The van der Waals surface area contributed by atoms with Crippen LogP contribution in [0.5, 0.6) is 0 Å². The van der Waals surface area contributed by atoms with Crippen molar-refractivity contribution in [3.63, 3.8) is 0 Å². The van der Waals surface area contributed by atoms with Crippen molar-refractivity contribution in [2.45, 2.75) is 27.7 Å². The Labute approximate surface area is 74.3 Å². The van der Waals surface area contributed by atoms with E-state index in [-0.39, 0.29) is 5.41 Å². The van der Waals surface area contributed by atoms with E-state index in [9.17, 15) is 0 Å². The molecule has 6 N–H and O–H groups in total. The first-order chi connectivity index (χ1) is 5.25. The second kappa shape index (κ2) is 3.52. The fraction of sp³-hybridized carbons (Fsp3) is 0.556. The molecule has 70 valence electrons. The Morgan fingerprint density at radius 1 is 1.08 bits per heavy atom. The summed E-state index contributed by atoms with van der Waals surface area (Å²) >= 11 is 0. The smallest absolute Gasteiger partial charge is 0.0519 e. The van der Waals surface area contributed by atoms with Gasteiger partial charge in [0.25, 0.3) is 0 Å². The van der Waals surface area contributed by atoms with E-state index in [4.69, 9.17) is 17.2 Å². The highest BCUT2D eigenvalue weighted by Crippen LogP contribution is 2.21. The van der Waals surface area contributed by atoms with Gasteiger partial charge in [-0.25, -0.2) is 0 Å². The maximum Gasteiger partial charge on any atom is 0.0519 e. The molecule has 0 aliphatic heterocycles. The van der Waals surface area contributed by atoms with E-state index in [0.717, 1.165) is 5.70 Å². The minimum absolute atomic E-state index is 0.0555. The lowest BCUT2D eigenvalue weighted by Crippen LogP contribution is -2.18. The standard InChI is InChI=1S/C9H19N3/c1-6(10)7(11)5-8(12)9(2,3)4/h5H,10-12H2,1-4H3/b7-6-,8-5-. The molecule has 0 aliphatic carbocycles. The van der Waals surface area contributed by atoms with E-state index in [2.05, 4.69) is 0 Å². The van der Waals surface area contributed by atoms with Crippen molar-refractivity contribution in [2.24, 2.45) is 22.6 Å². The topological polar surface area (TPSA) is 78.1 Å². The van der Waals surface area contributed by atoms with Gasteiger partial charge >= 0.3 is 0 Å². The summed E-state index contributed by atoms with van der Waals surface area (Å²) in [5, 5.41) is 0. The SMILES string of the molecule is C/C(N)=C(N)\C=C(/N)C(C)(C)C. The van der Waals surface area contributed by atoms with Crippen molar-refractivity contribution in [1.82, 2.24) is 0 Å². The molecule has 0 aromatic carbocycles. The average Bonchev–Trinajstić information content (AvgIpc) is 1.85. The number of allylic oxidation sites excluding steroid dienone is 3. The molecule has 3 heteroatoms. The van der Waals surface area contributed by atoms with E-state index in [1.165, 1.54) is 0 Å². The molecule has 0 heterocycles. The van der Waals surface area contributed by atoms with Crippen LogP contribution in [0.25, 0.3) is 0 Å². The van der Waals surface area contributed by atoms with Crippen LogP contribution < -0.4 is 17.2 Å². The van der Waals surface area contributed by atoms with Crippen LogP contribution in [0.4, 0.5) is 0 Å². The number of hydrogen-bond donors (Lipinski definition) is 3. The van der Waals surface area contributed by atoms with E-state index in [0.29, 0.717) is 11.4 Å². The second-order valence-corrected chi connectivity index (χ2v) is 3.99. The predicted octanol–water partition coefficient (Wildman–Crippen LogP) is 1.02. The molecule has 0 aliphatic rings. The first kappa shape index (κ1) is 10.9. The molecule has 0 saturated heterocycles. The summed E-state index contributed by atoms with van der Waals surface area (Å²) in [6, 6.07) is 0. The van der Waals surface area contributed by atoms with Crippen LogP contribution in [0, 0.1) is 5.41 Å². The van der Waals surface area contributed by atoms with Crippen molar-refractivity contribution in [1.29, 1.82) is 0 Å². The zero-order valence-electron chi connectivity index (χ0n) is 8.31. The van der Waals surface area contributed by atoms with Gasteiger partial charge in [-0.2, -0.15) is 0 Å². The van der Waals surface area contributed by atoms with Gasteiger partial charge in [0.15, 0.2) is 0 Å². The van der Waals surface area contributed by atoms with Gasteiger partial charge in [-0.3, -0.25) is 0 Å². The highest BCUT2D eigenvalue weighted by Gasteiger charge is 2.13. The lowest BCUT2D eigenvalue weighted by Gasteiger charge is -2.19. The Hall–Kier alpha value is -1.12. The monoisotopic (exact) mass is 169 g/mol. The van der Waals surface area contributed by atoms with Crippen LogP contribution in [0.15, 0.2) is 23.2 Å². The van der Waals surface area contributed by atoms with Crippen molar-refractivity contribution >= 4 is 0 Å². The van der Waals surface area contributed by atoms with Gasteiger partial charge < -0.3 is 17.2 Å². The summed E-state index contributed by atoms with van der Waals surface area (Å²) < 4.78 is 0. The molecular weight excluding hydrogens is 150 g/mol. The highest BCUT2D eigenvalue weighted by molar-refractivity contribution is 5.25. The molecular formula is C9H19N3. The Bertz CT molecular complexity index is 214. The van der Waals surface area contributed by atoms with E-state index < -0.39 is 0 Å². The molecule has 0 fully saturated rings. The second-order valence-electron chi connectivity index (χ2n) is 3.99. The Balaban J connectivity index is 4.71. The van der Waals surface area contributed by atoms with Gasteiger partial charge in [-0.1, -0.05) is 20.8 Å². The quantitative estimate of drug-likeness (QED) is 0.513. The summed E-state index contributed by atoms with van der Waals surface area (Å²) in [5.74, 6) is 0. The normalized spacial score (nSPS) is 15.8. The minimum Gasteiger partial charge on any atom is -0.402 e. The Morgan fingerprint density at radius 2 is 1.50 bits per heavy atom. The summed E-state index contributed by atoms with van der Waals surface area (Å²) in [6.45, 7) is 7.83. The number of hydrogen-bond acceptors (Lipinski definition) is 3. The van der Waals surface area contributed by atoms with Gasteiger partial charge in [0.2, 0.25) is 0 Å². The average molecular weight is 169 g/mol. The Morgan fingerprint density at radius 3 is 1.75 bits per heavy atom. The molecule has 0 aromatic heterocycles. The molecule has 0 aromatic rings. The first-order valence-electron chi connectivity index (χ1n) is 3.94. The molecule has 0 atom stereocenters. The molecule has 0 unspecified atom stereocenters. The van der Waals surface area contributed by atoms with E-state index in [1.54, 1.807) is 13.0 Å². The van der Waals surface area contributed by atoms with Gasteiger partial charge in [0.05, 0.1) is 5.70 Å². The van der Waals surface area contributed by atoms with Gasteiger partial charge in [0.1, 0.15) is 0 Å². The lowest BCUT2D eigenvalue weighted by molar-refractivity contribution is 0.497. The predicted molar refractivity (Wildman–Crippen MR) is 52.8 cm³/mol. The van der Waals surface area contributed by atoms with Gasteiger partial charge in [-0.05, 0) is 13.0 Å². The third-order valence-electron chi connectivity index (χ3n) is 1.63. The molecule has 0 radical (unpaired) electrons. The zero-order valence-corrected chi connectivity index (χ0v) is 8.31. The van der Waals surface area contributed by atoms with E-state index >= 15 is 0 Å². The summed E-state index contributed by atoms with van der Waals surface area (Å²) in [5.41, 5.74) is 18.7. The molecule has 0 rings (SSSR count). The fourth-order valence-electron chi connectivity index (χ4n) is 0.498. The van der Waals surface area contributed by atoms with Crippen LogP contribution in [0.1, 0.15) is 27.7 Å². The largest absolute Gasteiger partial charge is 0.402 e. The molecule has 3 nitrogen and oxygen atoms in total. The highest BCUT2D eigenvalue weighted by atomic mass is 14.7. The maximum absolute atomic E-state index is 5.78. The third kappa shape index (κ3) is 3.32. The lowest BCUT2D eigenvalue weighted by atomic mass is 9.92. The van der Waals surface area contributed by atoms with Crippen LogP contribution in [-0.2, 0) is 0 Å². The van der Waals surface area contributed by atoms with Crippen molar-refractivity contribution in [3.8, 4) is 0 Å².